The number of allylic oxidation sites excluding steroid dienone is 2. The molecule has 17 heavy (non-hydrogen) atoms. The van der Waals surface area contributed by atoms with E-state index in [1.165, 1.54) is 0 Å². The van der Waals surface area contributed by atoms with Crippen molar-refractivity contribution in [2.45, 2.75) is 20.3 Å². The van der Waals surface area contributed by atoms with Gasteiger partial charge in [-0.1, -0.05) is 26.0 Å². The van der Waals surface area contributed by atoms with Gasteiger partial charge in [-0.3, -0.25) is 4.79 Å². The molecule has 4 nitrogen and oxygen atoms in total. The van der Waals surface area contributed by atoms with Gasteiger partial charge in [0.25, 0.3) is 0 Å². The molecule has 0 aromatic heterocycles. The number of aliphatic carboxylic acids is 1. The molecule has 0 aromatic rings. The van der Waals surface area contributed by atoms with Gasteiger partial charge >= 0.3 is 0 Å². The van der Waals surface area contributed by atoms with Gasteiger partial charge in [0.2, 0.25) is 5.91 Å². The number of hydrogen-bond donors (Lipinski definition) is 1. The SMILES string of the molecule is CC(C)CNC(=O)[C@@H]1[C@@H](C(=O)[O-])[C@H]2C=C[C@H]1C2. The zero-order chi connectivity index (χ0) is 12.6. The van der Waals surface area contributed by atoms with Crippen molar-refractivity contribution in [3.8, 4) is 0 Å². The van der Waals surface area contributed by atoms with Crippen LogP contribution in [0.25, 0.3) is 0 Å². The van der Waals surface area contributed by atoms with Crippen LogP contribution in [0.15, 0.2) is 12.2 Å². The summed E-state index contributed by atoms with van der Waals surface area (Å²) in [5.41, 5.74) is 0. The first-order chi connectivity index (χ1) is 8.00. The molecule has 0 unspecified atom stereocenters. The predicted octanol–water partition coefficient (Wildman–Crippen LogP) is -0.0532. The molecule has 2 rings (SSSR count). The van der Waals surface area contributed by atoms with E-state index in [1.807, 2.05) is 26.0 Å². The largest absolute Gasteiger partial charge is 0.550 e. The second-order valence-corrected chi connectivity index (χ2v) is 5.46. The highest BCUT2D eigenvalue weighted by Gasteiger charge is 2.48. The van der Waals surface area contributed by atoms with Crippen LogP contribution in [0.4, 0.5) is 0 Å². The third-order valence-electron chi connectivity index (χ3n) is 3.72. The molecular formula is C13H18NO3-. The van der Waals surface area contributed by atoms with Crippen LogP contribution in [0.1, 0.15) is 20.3 Å². The van der Waals surface area contributed by atoms with Gasteiger partial charge in [0, 0.05) is 18.4 Å². The van der Waals surface area contributed by atoms with E-state index >= 15 is 0 Å². The highest BCUT2D eigenvalue weighted by Crippen LogP contribution is 2.47. The first-order valence-corrected chi connectivity index (χ1v) is 6.17. The lowest BCUT2D eigenvalue weighted by atomic mass is 9.82. The normalized spacial score (nSPS) is 34.3. The Morgan fingerprint density at radius 2 is 1.88 bits per heavy atom. The van der Waals surface area contributed by atoms with Crippen molar-refractivity contribution >= 4 is 11.9 Å². The van der Waals surface area contributed by atoms with Gasteiger partial charge in [-0.05, 0) is 24.2 Å². The van der Waals surface area contributed by atoms with Gasteiger partial charge in [0.05, 0.1) is 5.92 Å². The Hall–Kier alpha value is -1.32. The maximum atomic E-state index is 12.0. The predicted molar refractivity (Wildman–Crippen MR) is 60.6 cm³/mol. The Labute approximate surface area is 101 Å². The Kier molecular flexibility index (Phi) is 3.22. The van der Waals surface area contributed by atoms with E-state index in [2.05, 4.69) is 5.32 Å². The van der Waals surface area contributed by atoms with Crippen LogP contribution in [0, 0.1) is 29.6 Å². The quantitative estimate of drug-likeness (QED) is 0.696. The number of nitrogens with one attached hydrogen (secondary N) is 1. The summed E-state index contributed by atoms with van der Waals surface area (Å²) in [6.07, 6.45) is 4.67. The summed E-state index contributed by atoms with van der Waals surface area (Å²) in [4.78, 5) is 23.1. The van der Waals surface area contributed by atoms with Crippen molar-refractivity contribution in [2.24, 2.45) is 29.6 Å². The Morgan fingerprint density at radius 1 is 1.29 bits per heavy atom. The number of carbonyl (C=O) groups is 2. The average molecular weight is 236 g/mol. The van der Waals surface area contributed by atoms with E-state index in [1.54, 1.807) is 0 Å². The molecule has 0 heterocycles. The molecule has 1 fully saturated rings. The van der Waals surface area contributed by atoms with Crippen LogP contribution < -0.4 is 10.4 Å². The lowest BCUT2D eigenvalue weighted by molar-refractivity contribution is -0.313. The van der Waals surface area contributed by atoms with Crippen LogP contribution in [0.3, 0.4) is 0 Å². The molecule has 0 saturated heterocycles. The summed E-state index contributed by atoms with van der Waals surface area (Å²) < 4.78 is 0. The zero-order valence-electron chi connectivity index (χ0n) is 10.2. The summed E-state index contributed by atoms with van der Waals surface area (Å²) in [7, 11) is 0. The number of amides is 1. The smallest absolute Gasteiger partial charge is 0.224 e. The van der Waals surface area contributed by atoms with Gasteiger partial charge in [-0.2, -0.15) is 0 Å². The molecule has 1 N–H and O–H groups in total. The molecule has 0 aliphatic heterocycles. The summed E-state index contributed by atoms with van der Waals surface area (Å²) in [6, 6.07) is 0. The molecule has 2 aliphatic carbocycles. The summed E-state index contributed by atoms with van der Waals surface area (Å²) >= 11 is 0. The zero-order valence-corrected chi connectivity index (χ0v) is 10.2. The molecule has 94 valence electrons. The second-order valence-electron chi connectivity index (χ2n) is 5.46. The molecule has 0 spiro atoms. The van der Waals surface area contributed by atoms with Crippen molar-refractivity contribution < 1.29 is 14.7 Å². The molecule has 0 aromatic carbocycles. The molecule has 0 radical (unpaired) electrons. The van der Waals surface area contributed by atoms with Crippen LogP contribution in [0.5, 0.6) is 0 Å². The van der Waals surface area contributed by atoms with E-state index in [4.69, 9.17) is 0 Å². The number of fused-ring (bicyclic) bond motifs is 2. The Morgan fingerprint density at radius 3 is 2.41 bits per heavy atom. The molecule has 1 amide bonds. The summed E-state index contributed by atoms with van der Waals surface area (Å²) in [6.45, 7) is 4.62. The van der Waals surface area contributed by atoms with Gasteiger partial charge in [0.15, 0.2) is 0 Å². The fourth-order valence-corrected chi connectivity index (χ4v) is 2.92. The molecule has 2 aliphatic rings. The maximum absolute atomic E-state index is 12.0. The second kappa shape index (κ2) is 4.51. The molecular weight excluding hydrogens is 218 g/mol. The Balaban J connectivity index is 2.06. The highest BCUT2D eigenvalue weighted by molar-refractivity contribution is 5.86. The van der Waals surface area contributed by atoms with Crippen LogP contribution in [-0.4, -0.2) is 18.4 Å². The number of carboxylic acid groups (broad SMARTS) is 1. The van der Waals surface area contributed by atoms with E-state index < -0.39 is 17.8 Å². The average Bonchev–Trinajstić information content (AvgIpc) is 2.84. The molecule has 2 bridgehead atoms. The summed E-state index contributed by atoms with van der Waals surface area (Å²) in [5, 5.41) is 13.9. The number of carboxylic acids is 1. The van der Waals surface area contributed by atoms with Crippen LogP contribution >= 0.6 is 0 Å². The third-order valence-corrected chi connectivity index (χ3v) is 3.72. The lowest BCUT2D eigenvalue weighted by Gasteiger charge is -2.28. The van der Waals surface area contributed by atoms with Gasteiger partial charge in [-0.15, -0.1) is 0 Å². The van der Waals surface area contributed by atoms with Crippen molar-refractivity contribution in [3.63, 3.8) is 0 Å². The molecule has 4 atom stereocenters. The van der Waals surface area contributed by atoms with Gasteiger partial charge in [0.1, 0.15) is 0 Å². The van der Waals surface area contributed by atoms with Crippen molar-refractivity contribution in [1.82, 2.24) is 5.32 Å². The van der Waals surface area contributed by atoms with E-state index in [-0.39, 0.29) is 17.7 Å². The Bertz CT molecular complexity index is 362. The third kappa shape index (κ3) is 2.21. The first kappa shape index (κ1) is 12.1. The minimum atomic E-state index is -1.09. The highest BCUT2D eigenvalue weighted by atomic mass is 16.4. The van der Waals surface area contributed by atoms with Crippen molar-refractivity contribution in [2.75, 3.05) is 6.54 Å². The van der Waals surface area contributed by atoms with E-state index in [0.717, 1.165) is 6.42 Å². The minimum absolute atomic E-state index is 0.0141. The van der Waals surface area contributed by atoms with Gasteiger partial charge in [-0.25, -0.2) is 0 Å². The fourth-order valence-electron chi connectivity index (χ4n) is 2.92. The van der Waals surface area contributed by atoms with Crippen molar-refractivity contribution in [3.05, 3.63) is 12.2 Å². The topological polar surface area (TPSA) is 69.2 Å². The maximum Gasteiger partial charge on any atom is 0.224 e. The van der Waals surface area contributed by atoms with Crippen LogP contribution in [-0.2, 0) is 9.59 Å². The summed E-state index contributed by atoms with van der Waals surface area (Å²) in [5.74, 6) is -1.87. The number of rotatable bonds is 4. The number of hydrogen-bond acceptors (Lipinski definition) is 3. The van der Waals surface area contributed by atoms with Gasteiger partial charge < -0.3 is 15.2 Å². The van der Waals surface area contributed by atoms with Crippen LogP contribution in [0.2, 0.25) is 0 Å². The monoisotopic (exact) mass is 236 g/mol. The fraction of sp³-hybridized carbons (Fsp3) is 0.692. The van der Waals surface area contributed by atoms with E-state index in [9.17, 15) is 14.7 Å². The minimum Gasteiger partial charge on any atom is -0.550 e. The molecule has 1 saturated carbocycles. The number of carbonyl (C=O) groups excluding carboxylic acids is 2. The molecule has 4 heteroatoms. The lowest BCUT2D eigenvalue weighted by Crippen LogP contribution is -2.45. The standard InChI is InChI=1S/C13H19NO3/c1-7(2)6-14-12(15)10-8-3-4-9(5-8)11(10)13(16)17/h3-4,7-11H,5-6H2,1-2H3,(H,14,15)(H,16,17)/p-1/t8-,9-,10-,11-/m0/s1. The first-order valence-electron chi connectivity index (χ1n) is 6.17. The van der Waals surface area contributed by atoms with Crippen molar-refractivity contribution in [1.29, 1.82) is 0 Å². The van der Waals surface area contributed by atoms with E-state index in [0.29, 0.717) is 12.5 Å².